The second-order valence-corrected chi connectivity index (χ2v) is 1.55. The first-order valence-corrected chi connectivity index (χ1v) is 2.01. The van der Waals surface area contributed by atoms with E-state index >= 15 is 0 Å². The van der Waals surface area contributed by atoms with E-state index in [1.165, 1.54) is 0 Å². The lowest BCUT2D eigenvalue weighted by Gasteiger charge is -2.19. The summed E-state index contributed by atoms with van der Waals surface area (Å²) in [7, 11) is 0. The maximum Gasteiger partial charge on any atom is 0.382 e. The molecule has 0 spiro atoms. The average molecular weight is 159 g/mol. The molecule has 60 valence electrons. The first-order chi connectivity index (χ1) is 4.19. The zero-order valence-electron chi connectivity index (χ0n) is 4.51. The molecule has 4 nitrogen and oxygen atoms in total. The van der Waals surface area contributed by atoms with Crippen LogP contribution in [0.5, 0.6) is 0 Å². The molecular formula is C3H4F3NO3. The van der Waals surface area contributed by atoms with Crippen LogP contribution in [0, 0.1) is 0 Å². The van der Waals surface area contributed by atoms with Crippen LogP contribution in [-0.2, 0) is 4.79 Å². The Kier molecular flexibility index (Phi) is 1.93. The number of hydrogen-bond donors (Lipinski definition) is 3. The molecule has 0 aliphatic rings. The predicted octanol–water partition coefficient (Wildman–Crippen LogP) is -0.719. The molecule has 1 unspecified atom stereocenters. The van der Waals surface area contributed by atoms with Crippen LogP contribution in [-0.4, -0.2) is 28.1 Å². The predicted molar refractivity (Wildman–Crippen MR) is 22.8 cm³/mol. The summed E-state index contributed by atoms with van der Waals surface area (Å²) >= 11 is 0. The number of rotatable bonds is 2. The van der Waals surface area contributed by atoms with Crippen molar-refractivity contribution < 1.29 is 28.2 Å². The van der Waals surface area contributed by atoms with Crippen molar-refractivity contribution in [3.63, 3.8) is 0 Å². The topological polar surface area (TPSA) is 83.5 Å². The van der Waals surface area contributed by atoms with Gasteiger partial charge < -0.3 is 10.2 Å². The molecule has 0 bridgehead atoms. The molecule has 0 heterocycles. The molecule has 0 aromatic heterocycles. The van der Waals surface area contributed by atoms with Gasteiger partial charge in [0, 0.05) is 0 Å². The monoisotopic (exact) mass is 159 g/mol. The number of hydrogen-bond acceptors (Lipinski definition) is 3. The maximum atomic E-state index is 11.8. The van der Waals surface area contributed by atoms with Gasteiger partial charge in [-0.25, -0.2) is 4.79 Å². The average Bonchev–Trinajstić information content (AvgIpc) is 1.62. The number of aliphatic carboxylic acids is 1. The van der Waals surface area contributed by atoms with E-state index in [-0.39, 0.29) is 0 Å². The Morgan fingerprint density at radius 3 is 1.70 bits per heavy atom. The maximum absolute atomic E-state index is 11.8. The highest BCUT2D eigenvalue weighted by atomic mass is 19.3. The summed E-state index contributed by atoms with van der Waals surface area (Å²) in [4.78, 5) is 9.48. The molecule has 0 aromatic carbocycles. The molecule has 7 heteroatoms. The van der Waals surface area contributed by atoms with E-state index in [9.17, 15) is 18.0 Å². The molecular weight excluding hydrogens is 155 g/mol. The van der Waals surface area contributed by atoms with Gasteiger partial charge in [0.05, 0.1) is 0 Å². The molecule has 0 amide bonds. The van der Waals surface area contributed by atoms with Crippen LogP contribution >= 0.6 is 0 Å². The van der Waals surface area contributed by atoms with Gasteiger partial charge >= 0.3 is 17.9 Å². The van der Waals surface area contributed by atoms with Gasteiger partial charge in [0.25, 0.3) is 0 Å². The molecule has 0 saturated carbocycles. The number of carbonyl (C=O) groups is 1. The second kappa shape index (κ2) is 2.10. The summed E-state index contributed by atoms with van der Waals surface area (Å²) in [5.74, 6) is -7.42. The minimum atomic E-state index is -4.79. The van der Waals surface area contributed by atoms with Crippen molar-refractivity contribution in [3.8, 4) is 0 Å². The van der Waals surface area contributed by atoms with Gasteiger partial charge in [-0.1, -0.05) is 0 Å². The van der Waals surface area contributed by atoms with E-state index in [1.807, 2.05) is 0 Å². The Balaban J connectivity index is 4.57. The van der Waals surface area contributed by atoms with E-state index in [0.717, 1.165) is 0 Å². The van der Waals surface area contributed by atoms with Gasteiger partial charge in [-0.05, 0) is 0 Å². The van der Waals surface area contributed by atoms with Gasteiger partial charge in [0.2, 0.25) is 0 Å². The summed E-state index contributed by atoms with van der Waals surface area (Å²) < 4.78 is 34.8. The normalized spacial score (nSPS) is 18.1. The van der Waals surface area contributed by atoms with Crippen molar-refractivity contribution in [1.29, 1.82) is 0 Å². The number of nitrogens with two attached hydrogens (primary N) is 1. The number of alkyl halides is 3. The van der Waals surface area contributed by atoms with E-state index in [0.29, 0.717) is 0 Å². The smallest absolute Gasteiger partial charge is 0.382 e. The fourth-order valence-corrected chi connectivity index (χ4v) is 0.143. The Morgan fingerprint density at radius 1 is 1.40 bits per heavy atom. The van der Waals surface area contributed by atoms with Crippen LogP contribution in [0.2, 0.25) is 0 Å². The highest BCUT2D eigenvalue weighted by Gasteiger charge is 2.57. The minimum Gasteiger partial charge on any atom is -0.477 e. The lowest BCUT2D eigenvalue weighted by molar-refractivity contribution is -0.252. The molecule has 10 heavy (non-hydrogen) atoms. The molecule has 0 radical (unpaired) electrons. The van der Waals surface area contributed by atoms with E-state index in [2.05, 4.69) is 5.73 Å². The van der Waals surface area contributed by atoms with Crippen molar-refractivity contribution in [2.75, 3.05) is 0 Å². The summed E-state index contributed by atoms with van der Waals surface area (Å²) in [6.45, 7) is 0. The summed E-state index contributed by atoms with van der Waals surface area (Å²) in [6.07, 6.45) is 0. The molecule has 4 N–H and O–H groups in total. The Bertz CT molecular complexity index is 152. The Hall–Kier alpha value is -0.820. The van der Waals surface area contributed by atoms with Crippen molar-refractivity contribution in [2.24, 2.45) is 5.73 Å². The van der Waals surface area contributed by atoms with Crippen LogP contribution in [0.25, 0.3) is 0 Å². The summed E-state index contributed by atoms with van der Waals surface area (Å²) in [6, 6.07) is -4.79. The molecule has 0 aliphatic carbocycles. The first kappa shape index (κ1) is 9.18. The van der Waals surface area contributed by atoms with Crippen molar-refractivity contribution in [1.82, 2.24) is 0 Å². The second-order valence-electron chi connectivity index (χ2n) is 1.55. The SMILES string of the molecule is NC(F)(F)C(O)(F)C(=O)O. The number of aliphatic hydroxyl groups is 1. The fraction of sp³-hybridized carbons (Fsp3) is 0.667. The van der Waals surface area contributed by atoms with Crippen molar-refractivity contribution in [3.05, 3.63) is 0 Å². The molecule has 1 atom stereocenters. The van der Waals surface area contributed by atoms with Crippen LogP contribution in [0.15, 0.2) is 0 Å². The zero-order chi connectivity index (χ0) is 8.58. The lowest BCUT2D eigenvalue weighted by atomic mass is 10.3. The standard InChI is InChI=1S/C3H4F3NO3/c4-2(10,1(8)9)3(5,6)7/h10H,7H2,(H,8,9). The van der Waals surface area contributed by atoms with Crippen molar-refractivity contribution in [2.45, 2.75) is 11.9 Å². The van der Waals surface area contributed by atoms with Crippen LogP contribution < -0.4 is 5.73 Å². The summed E-state index contributed by atoms with van der Waals surface area (Å²) in [5.41, 5.74) is 3.68. The number of carboxylic acid groups (broad SMARTS) is 1. The fourth-order valence-electron chi connectivity index (χ4n) is 0.143. The highest BCUT2D eigenvalue weighted by molar-refractivity contribution is 5.76. The van der Waals surface area contributed by atoms with Gasteiger partial charge in [-0.3, -0.25) is 5.73 Å². The van der Waals surface area contributed by atoms with E-state index in [1.54, 1.807) is 0 Å². The van der Waals surface area contributed by atoms with Crippen LogP contribution in [0.4, 0.5) is 13.2 Å². The van der Waals surface area contributed by atoms with Gasteiger partial charge in [0.1, 0.15) is 0 Å². The van der Waals surface area contributed by atoms with Gasteiger partial charge in [-0.2, -0.15) is 13.2 Å². The molecule has 0 rings (SSSR count). The molecule has 0 saturated heterocycles. The summed E-state index contributed by atoms with van der Waals surface area (Å²) in [5, 5.41) is 15.4. The lowest BCUT2D eigenvalue weighted by Crippen LogP contribution is -2.56. The molecule has 0 fully saturated rings. The molecule has 0 aromatic rings. The minimum absolute atomic E-state index is 2.72. The third-order valence-electron chi connectivity index (χ3n) is 0.725. The van der Waals surface area contributed by atoms with Crippen LogP contribution in [0.1, 0.15) is 0 Å². The zero-order valence-corrected chi connectivity index (χ0v) is 4.51. The number of halogens is 3. The Morgan fingerprint density at radius 2 is 1.70 bits per heavy atom. The van der Waals surface area contributed by atoms with Crippen LogP contribution in [0.3, 0.4) is 0 Å². The largest absolute Gasteiger partial charge is 0.477 e. The Labute approximate surface area is 53.1 Å². The third-order valence-corrected chi connectivity index (χ3v) is 0.725. The van der Waals surface area contributed by atoms with E-state index < -0.39 is 17.9 Å². The number of carboxylic acids is 1. The van der Waals surface area contributed by atoms with Gasteiger partial charge in [-0.15, -0.1) is 0 Å². The molecule has 0 aliphatic heterocycles. The quantitative estimate of drug-likeness (QED) is 0.464. The highest BCUT2D eigenvalue weighted by Crippen LogP contribution is 2.24. The van der Waals surface area contributed by atoms with Gasteiger partial charge in [0.15, 0.2) is 0 Å². The third kappa shape index (κ3) is 1.36. The van der Waals surface area contributed by atoms with E-state index in [4.69, 9.17) is 10.2 Å². The first-order valence-electron chi connectivity index (χ1n) is 2.01. The van der Waals surface area contributed by atoms with Crippen molar-refractivity contribution >= 4 is 5.97 Å².